The molecule has 2 aliphatic heterocycles. The highest BCUT2D eigenvalue weighted by Crippen LogP contribution is 2.36. The van der Waals surface area contributed by atoms with Gasteiger partial charge in [0.05, 0.1) is 17.9 Å². The molecule has 0 spiro atoms. The third-order valence-corrected chi connectivity index (χ3v) is 6.13. The van der Waals surface area contributed by atoms with Gasteiger partial charge in [-0.05, 0) is 19.1 Å². The van der Waals surface area contributed by atoms with Gasteiger partial charge in [-0.1, -0.05) is 0 Å². The van der Waals surface area contributed by atoms with Crippen LogP contribution in [0.2, 0.25) is 0 Å². The van der Waals surface area contributed by atoms with E-state index in [0.29, 0.717) is 30.4 Å². The normalized spacial score (nSPS) is 20.6. The molecule has 0 radical (unpaired) electrons. The van der Waals surface area contributed by atoms with Gasteiger partial charge in [-0.3, -0.25) is 9.48 Å². The van der Waals surface area contributed by atoms with E-state index < -0.39 is 41.1 Å². The van der Waals surface area contributed by atoms with Crippen molar-refractivity contribution in [1.82, 2.24) is 19.6 Å². The maximum Gasteiger partial charge on any atom is 0.422 e. The maximum absolute atomic E-state index is 14.4. The molecule has 184 valence electrons. The third kappa shape index (κ3) is 4.08. The minimum atomic E-state index is -5.28. The summed E-state index contributed by atoms with van der Waals surface area (Å²) in [5, 5.41) is 16.2. The average Bonchev–Trinajstić information content (AvgIpc) is 3.03. The molecule has 3 amide bonds. The number of hydrogen-bond acceptors (Lipinski definition) is 4. The third-order valence-electron chi connectivity index (χ3n) is 6.13. The Labute approximate surface area is 190 Å². The summed E-state index contributed by atoms with van der Waals surface area (Å²) in [4.78, 5) is 28.6. The first-order chi connectivity index (χ1) is 15.9. The fourth-order valence-electron chi connectivity index (χ4n) is 4.40. The summed E-state index contributed by atoms with van der Waals surface area (Å²) in [5.41, 5.74) is -1.55. The standard InChI is InChI=1S/C21H22F5N5O3/c1-10-5-15-12(18-19(33)29(2)6-11(9-32)7-31(18)28-15)8-30(10)20(34)27-14-4-3-13(22)16(17(14)23)21(24,25)26/h3-4,10-11,32H,5-9H2,1-2H3,(H,27,34)/t10-,11-/m1/s1. The zero-order valence-electron chi connectivity index (χ0n) is 18.3. The van der Waals surface area contributed by atoms with Crippen LogP contribution in [0.25, 0.3) is 0 Å². The Hall–Kier alpha value is -3.22. The number of alkyl halides is 3. The molecule has 2 aromatic rings. The molecule has 1 aromatic carbocycles. The van der Waals surface area contributed by atoms with Crippen molar-refractivity contribution in [2.75, 3.05) is 25.5 Å². The number of urea groups is 1. The maximum atomic E-state index is 14.4. The van der Waals surface area contributed by atoms with Gasteiger partial charge in [0, 0.05) is 50.7 Å². The monoisotopic (exact) mass is 487 g/mol. The van der Waals surface area contributed by atoms with Gasteiger partial charge >= 0.3 is 12.2 Å². The van der Waals surface area contributed by atoms with Crippen LogP contribution in [0.15, 0.2) is 12.1 Å². The summed E-state index contributed by atoms with van der Waals surface area (Å²) in [6.45, 7) is 2.07. The topological polar surface area (TPSA) is 90.7 Å². The second-order valence-corrected chi connectivity index (χ2v) is 8.58. The summed E-state index contributed by atoms with van der Waals surface area (Å²) in [5.74, 6) is -4.26. The molecule has 13 heteroatoms. The summed E-state index contributed by atoms with van der Waals surface area (Å²) >= 11 is 0. The molecule has 1 aromatic heterocycles. The Morgan fingerprint density at radius 2 is 1.97 bits per heavy atom. The highest BCUT2D eigenvalue weighted by atomic mass is 19.4. The number of fused-ring (bicyclic) bond motifs is 3. The van der Waals surface area contributed by atoms with Gasteiger partial charge in [-0.2, -0.15) is 18.3 Å². The van der Waals surface area contributed by atoms with E-state index >= 15 is 0 Å². The first kappa shape index (κ1) is 23.9. The van der Waals surface area contributed by atoms with E-state index in [1.54, 1.807) is 14.0 Å². The number of halogens is 5. The van der Waals surface area contributed by atoms with Crippen molar-refractivity contribution in [2.45, 2.75) is 38.7 Å². The number of carbonyl (C=O) groups is 2. The van der Waals surface area contributed by atoms with E-state index in [9.17, 15) is 36.6 Å². The van der Waals surface area contributed by atoms with Crippen molar-refractivity contribution < 1.29 is 36.6 Å². The predicted octanol–water partition coefficient (Wildman–Crippen LogP) is 2.85. The molecule has 2 N–H and O–H groups in total. The van der Waals surface area contributed by atoms with Crippen LogP contribution in [-0.4, -0.2) is 62.9 Å². The molecular formula is C21H22F5N5O3. The van der Waals surface area contributed by atoms with Crippen LogP contribution in [-0.2, 0) is 25.7 Å². The summed E-state index contributed by atoms with van der Waals surface area (Å²) in [6.07, 6.45) is -5.03. The second-order valence-electron chi connectivity index (χ2n) is 8.58. The number of anilines is 1. The zero-order valence-corrected chi connectivity index (χ0v) is 18.3. The zero-order chi connectivity index (χ0) is 24.9. The molecule has 3 heterocycles. The van der Waals surface area contributed by atoms with Crippen molar-refractivity contribution >= 4 is 17.6 Å². The van der Waals surface area contributed by atoms with E-state index in [1.807, 2.05) is 0 Å². The van der Waals surface area contributed by atoms with Gasteiger partial charge in [-0.25, -0.2) is 13.6 Å². The quantitative estimate of drug-likeness (QED) is 0.638. The highest BCUT2D eigenvalue weighted by Gasteiger charge is 2.40. The SMILES string of the molecule is C[C@@H]1Cc2nn3c(c2CN1C(=O)Nc1ccc(F)c(C(F)(F)F)c1F)C(=O)N(C)C[C@@H](CO)C3. The van der Waals surface area contributed by atoms with Gasteiger partial charge in [0.25, 0.3) is 5.91 Å². The predicted molar refractivity (Wildman–Crippen MR) is 109 cm³/mol. The first-order valence-corrected chi connectivity index (χ1v) is 10.5. The second kappa shape index (κ2) is 8.53. The molecule has 0 bridgehead atoms. The highest BCUT2D eigenvalue weighted by molar-refractivity contribution is 5.95. The van der Waals surface area contributed by atoms with E-state index in [1.165, 1.54) is 14.5 Å². The minimum absolute atomic E-state index is 0.0873. The van der Waals surface area contributed by atoms with Crippen LogP contribution < -0.4 is 5.32 Å². The molecule has 2 atom stereocenters. The van der Waals surface area contributed by atoms with Crippen molar-refractivity contribution in [2.24, 2.45) is 5.92 Å². The molecule has 0 aliphatic carbocycles. The van der Waals surface area contributed by atoms with Crippen molar-refractivity contribution in [1.29, 1.82) is 0 Å². The lowest BCUT2D eigenvalue weighted by atomic mass is 9.99. The molecule has 8 nitrogen and oxygen atoms in total. The van der Waals surface area contributed by atoms with Crippen LogP contribution in [0.1, 0.15) is 34.2 Å². The number of benzene rings is 1. The van der Waals surface area contributed by atoms with Crippen LogP contribution in [0.3, 0.4) is 0 Å². The largest absolute Gasteiger partial charge is 0.422 e. The number of aliphatic hydroxyl groups excluding tert-OH is 1. The lowest BCUT2D eigenvalue weighted by Gasteiger charge is -2.33. The van der Waals surface area contributed by atoms with Gasteiger partial charge < -0.3 is 20.2 Å². The number of nitrogens with zero attached hydrogens (tertiary/aromatic N) is 4. The number of carbonyl (C=O) groups excluding carboxylic acids is 2. The number of rotatable bonds is 2. The van der Waals surface area contributed by atoms with Gasteiger partial charge in [-0.15, -0.1) is 0 Å². The van der Waals surface area contributed by atoms with E-state index in [-0.39, 0.29) is 37.1 Å². The van der Waals surface area contributed by atoms with E-state index in [4.69, 9.17) is 0 Å². The Morgan fingerprint density at radius 3 is 2.62 bits per heavy atom. The van der Waals surface area contributed by atoms with Crippen molar-refractivity contribution in [3.63, 3.8) is 0 Å². The molecule has 0 saturated heterocycles. The van der Waals surface area contributed by atoms with Crippen LogP contribution in [0.5, 0.6) is 0 Å². The fourth-order valence-corrected chi connectivity index (χ4v) is 4.40. The summed E-state index contributed by atoms with van der Waals surface area (Å²) in [7, 11) is 1.59. The summed E-state index contributed by atoms with van der Waals surface area (Å²) < 4.78 is 68.6. The van der Waals surface area contributed by atoms with Gasteiger partial charge in [0.1, 0.15) is 17.1 Å². The van der Waals surface area contributed by atoms with Crippen molar-refractivity contribution in [3.8, 4) is 0 Å². The Balaban J connectivity index is 1.63. The molecule has 0 saturated carbocycles. The van der Waals surface area contributed by atoms with Crippen LogP contribution in [0.4, 0.5) is 32.4 Å². The van der Waals surface area contributed by atoms with Crippen LogP contribution in [0, 0.1) is 17.6 Å². The van der Waals surface area contributed by atoms with Crippen LogP contribution >= 0.6 is 0 Å². The molecule has 2 aliphatic rings. The lowest BCUT2D eigenvalue weighted by Crippen LogP contribution is -2.45. The smallest absolute Gasteiger partial charge is 0.396 e. The number of hydrogen-bond donors (Lipinski definition) is 2. The first-order valence-electron chi connectivity index (χ1n) is 10.5. The van der Waals surface area contributed by atoms with E-state index in [0.717, 1.165) is 6.07 Å². The number of aromatic nitrogens is 2. The Bertz CT molecular complexity index is 1150. The van der Waals surface area contributed by atoms with Gasteiger partial charge in [0.2, 0.25) is 0 Å². The minimum Gasteiger partial charge on any atom is -0.396 e. The summed E-state index contributed by atoms with van der Waals surface area (Å²) in [6, 6.07) is -0.224. The fraction of sp³-hybridized carbons (Fsp3) is 0.476. The van der Waals surface area contributed by atoms with Crippen molar-refractivity contribution in [3.05, 3.63) is 46.3 Å². The average molecular weight is 487 g/mol. The number of aliphatic hydroxyl groups is 1. The Morgan fingerprint density at radius 1 is 1.26 bits per heavy atom. The number of nitrogens with one attached hydrogen (secondary N) is 1. The van der Waals surface area contributed by atoms with Gasteiger partial charge in [0.15, 0.2) is 5.82 Å². The molecule has 0 fully saturated rings. The molecule has 0 unspecified atom stereocenters. The lowest BCUT2D eigenvalue weighted by molar-refractivity contribution is -0.142. The van der Waals surface area contributed by atoms with E-state index in [2.05, 4.69) is 10.4 Å². The number of amides is 3. The molecular weight excluding hydrogens is 465 g/mol. The molecule has 4 rings (SSSR count). The Kier molecular flexibility index (Phi) is 6.00. The molecule has 34 heavy (non-hydrogen) atoms.